The van der Waals surface area contributed by atoms with Crippen LogP contribution in [0.4, 0.5) is 11.6 Å². The molecule has 1 atom stereocenters. The van der Waals surface area contributed by atoms with Crippen molar-refractivity contribution in [1.29, 1.82) is 0 Å². The molecule has 6 heteroatoms. The number of aromatic nitrogens is 3. The summed E-state index contributed by atoms with van der Waals surface area (Å²) in [4.78, 5) is 12.3. The van der Waals surface area contributed by atoms with Gasteiger partial charge in [0.25, 0.3) is 0 Å². The van der Waals surface area contributed by atoms with Crippen LogP contribution >= 0.6 is 0 Å². The smallest absolute Gasteiger partial charge is 0.148 e. The Hall–Kier alpha value is -2.21. The lowest BCUT2D eigenvalue weighted by Gasteiger charge is -2.17. The van der Waals surface area contributed by atoms with E-state index in [1.54, 1.807) is 12.4 Å². The van der Waals surface area contributed by atoms with Gasteiger partial charge in [-0.05, 0) is 31.5 Å². The van der Waals surface area contributed by atoms with Gasteiger partial charge in [0.05, 0.1) is 6.04 Å². The van der Waals surface area contributed by atoms with E-state index in [2.05, 4.69) is 32.6 Å². The first-order valence-electron chi connectivity index (χ1n) is 5.67. The van der Waals surface area contributed by atoms with Gasteiger partial charge < -0.3 is 10.7 Å². The van der Waals surface area contributed by atoms with Crippen LogP contribution in [0.15, 0.2) is 30.9 Å². The Morgan fingerprint density at radius 3 is 2.50 bits per heavy atom. The lowest BCUT2D eigenvalue weighted by molar-refractivity contribution is 0.864. The van der Waals surface area contributed by atoms with Gasteiger partial charge in [-0.25, -0.2) is 15.8 Å². The van der Waals surface area contributed by atoms with Gasteiger partial charge in [0.2, 0.25) is 0 Å². The minimum atomic E-state index is 0.132. The molecule has 0 aromatic carbocycles. The monoisotopic (exact) mass is 244 g/mol. The summed E-state index contributed by atoms with van der Waals surface area (Å²) >= 11 is 0. The molecule has 0 saturated heterocycles. The van der Waals surface area contributed by atoms with Crippen molar-refractivity contribution in [1.82, 2.24) is 15.0 Å². The van der Waals surface area contributed by atoms with E-state index in [0.717, 1.165) is 16.9 Å². The van der Waals surface area contributed by atoms with Crippen LogP contribution in [0.5, 0.6) is 0 Å². The minimum absolute atomic E-state index is 0.132. The SMILES string of the molecule is Cc1c(NN)ncnc1NC(C)c1ccncc1. The number of hydrazine groups is 1. The first-order valence-corrected chi connectivity index (χ1v) is 5.67. The van der Waals surface area contributed by atoms with E-state index < -0.39 is 0 Å². The Balaban J connectivity index is 2.19. The molecule has 0 amide bonds. The summed E-state index contributed by atoms with van der Waals surface area (Å²) in [5, 5.41) is 3.33. The fraction of sp³-hybridized carbons (Fsp3) is 0.250. The van der Waals surface area contributed by atoms with Crippen molar-refractivity contribution in [3.63, 3.8) is 0 Å². The number of nitrogen functional groups attached to an aromatic ring is 1. The van der Waals surface area contributed by atoms with Gasteiger partial charge in [-0.1, -0.05) is 0 Å². The number of hydrogen-bond donors (Lipinski definition) is 3. The molecule has 6 nitrogen and oxygen atoms in total. The molecule has 2 rings (SSSR count). The van der Waals surface area contributed by atoms with Gasteiger partial charge in [0, 0.05) is 18.0 Å². The zero-order valence-electron chi connectivity index (χ0n) is 10.4. The second kappa shape index (κ2) is 5.42. The maximum atomic E-state index is 5.39. The highest BCUT2D eigenvalue weighted by molar-refractivity contribution is 5.56. The standard InChI is InChI=1S/C12H16N6/c1-8-11(15-7-16-12(8)18-13)17-9(2)10-3-5-14-6-4-10/h3-7,9H,13H2,1-2H3,(H2,15,16,17,18). The average molecular weight is 244 g/mol. The van der Waals surface area contributed by atoms with Crippen molar-refractivity contribution >= 4 is 11.6 Å². The van der Waals surface area contributed by atoms with Crippen LogP contribution in [0.2, 0.25) is 0 Å². The number of rotatable bonds is 4. The predicted molar refractivity (Wildman–Crippen MR) is 70.9 cm³/mol. The number of anilines is 2. The maximum Gasteiger partial charge on any atom is 0.148 e. The molecule has 0 aliphatic rings. The topological polar surface area (TPSA) is 88.8 Å². The van der Waals surface area contributed by atoms with E-state index in [0.29, 0.717) is 5.82 Å². The Morgan fingerprint density at radius 2 is 1.83 bits per heavy atom. The number of pyridine rings is 1. The van der Waals surface area contributed by atoms with Crippen LogP contribution in [0.1, 0.15) is 24.1 Å². The van der Waals surface area contributed by atoms with Gasteiger partial charge in [0.1, 0.15) is 18.0 Å². The molecule has 1 unspecified atom stereocenters. The molecule has 0 bridgehead atoms. The predicted octanol–water partition coefficient (Wildman–Crippen LogP) is 1.64. The second-order valence-electron chi connectivity index (χ2n) is 3.99. The molecule has 0 radical (unpaired) electrons. The molecule has 0 fully saturated rings. The third kappa shape index (κ3) is 2.54. The fourth-order valence-corrected chi connectivity index (χ4v) is 1.68. The highest BCUT2D eigenvalue weighted by Crippen LogP contribution is 2.22. The van der Waals surface area contributed by atoms with Crippen molar-refractivity contribution in [2.45, 2.75) is 19.9 Å². The molecule has 94 valence electrons. The molecule has 4 N–H and O–H groups in total. The van der Waals surface area contributed by atoms with Gasteiger partial charge in [-0.15, -0.1) is 0 Å². The molecule has 2 aromatic heterocycles. The van der Waals surface area contributed by atoms with Crippen LogP contribution < -0.4 is 16.6 Å². The quantitative estimate of drug-likeness (QED) is 0.559. The minimum Gasteiger partial charge on any atom is -0.363 e. The van der Waals surface area contributed by atoms with Gasteiger partial charge >= 0.3 is 0 Å². The highest BCUT2D eigenvalue weighted by Gasteiger charge is 2.10. The normalized spacial score (nSPS) is 11.9. The lowest BCUT2D eigenvalue weighted by atomic mass is 10.1. The molecule has 0 aliphatic carbocycles. The molecule has 0 spiro atoms. The van der Waals surface area contributed by atoms with Gasteiger partial charge in [-0.2, -0.15) is 0 Å². The number of hydrogen-bond acceptors (Lipinski definition) is 6. The summed E-state index contributed by atoms with van der Waals surface area (Å²) < 4.78 is 0. The number of nitrogens with zero attached hydrogens (tertiary/aromatic N) is 3. The first kappa shape index (κ1) is 12.3. The van der Waals surface area contributed by atoms with Crippen LogP contribution in [0, 0.1) is 6.92 Å². The zero-order valence-corrected chi connectivity index (χ0v) is 10.4. The third-order valence-electron chi connectivity index (χ3n) is 2.78. The van der Waals surface area contributed by atoms with Gasteiger partial charge in [-0.3, -0.25) is 4.98 Å². The lowest BCUT2D eigenvalue weighted by Crippen LogP contribution is -2.14. The summed E-state index contributed by atoms with van der Waals surface area (Å²) in [5.41, 5.74) is 4.58. The number of nitrogens with two attached hydrogens (primary N) is 1. The number of nitrogens with one attached hydrogen (secondary N) is 2. The molecule has 0 saturated carbocycles. The van der Waals surface area contributed by atoms with E-state index in [-0.39, 0.29) is 6.04 Å². The Bertz CT molecular complexity index is 513. The fourth-order valence-electron chi connectivity index (χ4n) is 1.68. The summed E-state index contributed by atoms with van der Waals surface area (Å²) in [6.45, 7) is 3.98. The van der Waals surface area contributed by atoms with Crippen molar-refractivity contribution in [2.75, 3.05) is 10.7 Å². The Kier molecular flexibility index (Phi) is 3.69. The summed E-state index contributed by atoms with van der Waals surface area (Å²) in [7, 11) is 0. The summed E-state index contributed by atoms with van der Waals surface area (Å²) in [5.74, 6) is 6.77. The Morgan fingerprint density at radius 1 is 1.17 bits per heavy atom. The zero-order chi connectivity index (χ0) is 13.0. The van der Waals surface area contributed by atoms with E-state index in [9.17, 15) is 0 Å². The van der Waals surface area contributed by atoms with Crippen LogP contribution in [0.25, 0.3) is 0 Å². The Labute approximate surface area is 106 Å². The highest BCUT2D eigenvalue weighted by atomic mass is 15.3. The molecule has 2 heterocycles. The maximum absolute atomic E-state index is 5.39. The van der Waals surface area contributed by atoms with Crippen molar-refractivity contribution < 1.29 is 0 Å². The third-order valence-corrected chi connectivity index (χ3v) is 2.78. The van der Waals surface area contributed by atoms with E-state index in [1.807, 2.05) is 19.1 Å². The molecule has 18 heavy (non-hydrogen) atoms. The molecular formula is C12H16N6. The second-order valence-corrected chi connectivity index (χ2v) is 3.99. The molecular weight excluding hydrogens is 228 g/mol. The van der Waals surface area contributed by atoms with Gasteiger partial charge in [0.15, 0.2) is 0 Å². The van der Waals surface area contributed by atoms with Crippen molar-refractivity contribution in [3.8, 4) is 0 Å². The molecule has 0 aliphatic heterocycles. The average Bonchev–Trinajstić information content (AvgIpc) is 2.42. The largest absolute Gasteiger partial charge is 0.363 e. The molecule has 2 aromatic rings. The van der Waals surface area contributed by atoms with E-state index in [4.69, 9.17) is 5.84 Å². The summed E-state index contributed by atoms with van der Waals surface area (Å²) in [6, 6.07) is 4.07. The summed E-state index contributed by atoms with van der Waals surface area (Å²) in [6.07, 6.45) is 5.02. The van der Waals surface area contributed by atoms with Crippen LogP contribution in [-0.4, -0.2) is 15.0 Å². The van der Waals surface area contributed by atoms with Crippen LogP contribution in [0.3, 0.4) is 0 Å². The van der Waals surface area contributed by atoms with Crippen molar-refractivity contribution in [3.05, 3.63) is 42.0 Å². The van der Waals surface area contributed by atoms with Crippen molar-refractivity contribution in [2.24, 2.45) is 5.84 Å². The first-order chi connectivity index (χ1) is 8.72. The van der Waals surface area contributed by atoms with E-state index >= 15 is 0 Å². The van der Waals surface area contributed by atoms with Crippen LogP contribution in [-0.2, 0) is 0 Å². The van der Waals surface area contributed by atoms with E-state index in [1.165, 1.54) is 6.33 Å².